The van der Waals surface area contributed by atoms with Crippen molar-refractivity contribution in [3.63, 3.8) is 0 Å². The summed E-state index contributed by atoms with van der Waals surface area (Å²) in [5.74, 6) is 0.473. The number of Topliss-reactive ketones (excluding diaryl/α,β-unsaturated/α-hetero) is 1. The predicted molar refractivity (Wildman–Crippen MR) is 84.9 cm³/mol. The van der Waals surface area contributed by atoms with Crippen molar-refractivity contribution in [3.8, 4) is 0 Å². The molecule has 0 aromatic rings. The minimum atomic E-state index is -0.158. The molecule has 0 saturated heterocycles. The first-order valence-corrected chi connectivity index (χ1v) is 8.73. The Balaban J connectivity index is 2.21. The van der Waals surface area contributed by atoms with Crippen LogP contribution >= 0.6 is 0 Å². The Kier molecular flexibility index (Phi) is 5.83. The monoisotopic (exact) mass is 277 g/mol. The summed E-state index contributed by atoms with van der Waals surface area (Å²) >= 11 is 0. The normalized spacial score (nSPS) is 23.2. The van der Waals surface area contributed by atoms with Crippen LogP contribution in [0.4, 0.5) is 0 Å². The molecule has 1 fully saturated rings. The Bertz CT molecular complexity index is 348. The van der Waals surface area contributed by atoms with Gasteiger partial charge >= 0.3 is 0 Å². The van der Waals surface area contributed by atoms with Gasteiger partial charge in [-0.15, -0.1) is 0 Å². The quantitative estimate of drug-likeness (QED) is 0.738. The lowest BCUT2D eigenvalue weighted by Crippen LogP contribution is -2.53. The van der Waals surface area contributed by atoms with Crippen LogP contribution in [0.15, 0.2) is 11.6 Å². The number of likely N-dealkylation sites (N-methyl/N-ethyl adjacent to an activating group) is 1. The maximum Gasteiger partial charge on any atom is 0.178 e. The predicted octanol–water partition coefficient (Wildman–Crippen LogP) is 4.49. The highest BCUT2D eigenvalue weighted by molar-refractivity contribution is 6.02. The first kappa shape index (κ1) is 15.8. The van der Waals surface area contributed by atoms with Crippen molar-refractivity contribution in [2.24, 2.45) is 0 Å². The third kappa shape index (κ3) is 3.16. The van der Waals surface area contributed by atoms with E-state index in [9.17, 15) is 4.79 Å². The van der Waals surface area contributed by atoms with Crippen LogP contribution in [0.5, 0.6) is 0 Å². The van der Waals surface area contributed by atoms with Crippen LogP contribution in [0.1, 0.15) is 78.1 Å². The molecule has 20 heavy (non-hydrogen) atoms. The molecular formula is C18H31NO. The molecule has 0 bridgehead atoms. The Hall–Kier alpha value is -0.630. The summed E-state index contributed by atoms with van der Waals surface area (Å²) in [5, 5.41) is 0. The van der Waals surface area contributed by atoms with Gasteiger partial charge in [-0.1, -0.05) is 45.6 Å². The van der Waals surface area contributed by atoms with Gasteiger partial charge in [0.1, 0.15) is 0 Å². The molecule has 0 unspecified atom stereocenters. The second-order valence-corrected chi connectivity index (χ2v) is 6.42. The molecule has 0 spiro atoms. The molecule has 2 aliphatic rings. The van der Waals surface area contributed by atoms with Crippen molar-refractivity contribution in [1.82, 2.24) is 4.90 Å². The summed E-state index contributed by atoms with van der Waals surface area (Å²) in [6.07, 6.45) is 14.1. The molecule has 0 aromatic carbocycles. The third-order valence-electron chi connectivity index (χ3n) is 5.30. The standard InChI is InChI=1S/C18H31NO/c1-3-19(4-2)18(14-10-11-15-18)17(20)16-12-8-6-5-7-9-13-16/h12H,3-11,13-15H2,1-2H3. The zero-order valence-corrected chi connectivity index (χ0v) is 13.4. The molecule has 2 rings (SSSR count). The fourth-order valence-electron chi connectivity index (χ4n) is 4.17. The van der Waals surface area contributed by atoms with Gasteiger partial charge in [-0.25, -0.2) is 0 Å². The second-order valence-electron chi connectivity index (χ2n) is 6.42. The molecule has 0 aromatic heterocycles. The first-order valence-electron chi connectivity index (χ1n) is 8.73. The van der Waals surface area contributed by atoms with Crippen molar-refractivity contribution in [2.75, 3.05) is 13.1 Å². The van der Waals surface area contributed by atoms with Gasteiger partial charge in [-0.2, -0.15) is 0 Å². The number of hydrogen-bond donors (Lipinski definition) is 0. The van der Waals surface area contributed by atoms with Crippen molar-refractivity contribution < 1.29 is 4.79 Å². The fourth-order valence-corrected chi connectivity index (χ4v) is 4.17. The van der Waals surface area contributed by atoms with Gasteiger partial charge in [0.2, 0.25) is 0 Å². The summed E-state index contributed by atoms with van der Waals surface area (Å²) in [7, 11) is 0. The Morgan fingerprint density at radius 1 is 1.05 bits per heavy atom. The lowest BCUT2D eigenvalue weighted by molar-refractivity contribution is -0.127. The average molecular weight is 277 g/mol. The summed E-state index contributed by atoms with van der Waals surface area (Å²) in [5.41, 5.74) is 0.993. The van der Waals surface area contributed by atoms with E-state index in [0.717, 1.165) is 44.3 Å². The highest BCUT2D eigenvalue weighted by atomic mass is 16.1. The van der Waals surface area contributed by atoms with E-state index in [1.54, 1.807) is 0 Å². The fraction of sp³-hybridized carbons (Fsp3) is 0.833. The summed E-state index contributed by atoms with van der Waals surface area (Å²) in [6.45, 7) is 6.39. The van der Waals surface area contributed by atoms with E-state index >= 15 is 0 Å². The minimum absolute atomic E-state index is 0.158. The molecule has 0 atom stereocenters. The molecule has 114 valence electrons. The number of ketones is 1. The van der Waals surface area contributed by atoms with Crippen molar-refractivity contribution in [1.29, 1.82) is 0 Å². The first-order chi connectivity index (χ1) is 9.74. The Labute approximate surface area is 124 Å². The third-order valence-corrected chi connectivity index (χ3v) is 5.30. The molecule has 2 heteroatoms. The largest absolute Gasteiger partial charge is 0.292 e. The van der Waals surface area contributed by atoms with Gasteiger partial charge in [0, 0.05) is 0 Å². The van der Waals surface area contributed by atoms with Crippen LogP contribution in [0.25, 0.3) is 0 Å². The van der Waals surface area contributed by atoms with E-state index in [2.05, 4.69) is 24.8 Å². The Morgan fingerprint density at radius 3 is 2.35 bits per heavy atom. The van der Waals surface area contributed by atoms with Gasteiger partial charge in [0.25, 0.3) is 0 Å². The topological polar surface area (TPSA) is 20.3 Å². The van der Waals surface area contributed by atoms with Gasteiger partial charge in [0.05, 0.1) is 5.54 Å². The molecular weight excluding hydrogens is 246 g/mol. The van der Waals surface area contributed by atoms with Crippen LogP contribution < -0.4 is 0 Å². The highest BCUT2D eigenvalue weighted by Gasteiger charge is 2.45. The van der Waals surface area contributed by atoms with E-state index in [4.69, 9.17) is 0 Å². The van der Waals surface area contributed by atoms with E-state index in [1.165, 1.54) is 38.5 Å². The molecule has 0 radical (unpaired) electrons. The van der Waals surface area contributed by atoms with Crippen LogP contribution in [-0.4, -0.2) is 29.3 Å². The van der Waals surface area contributed by atoms with Crippen LogP contribution in [0, 0.1) is 0 Å². The van der Waals surface area contributed by atoms with E-state index in [1.807, 2.05) is 0 Å². The van der Waals surface area contributed by atoms with Crippen LogP contribution in [-0.2, 0) is 4.79 Å². The van der Waals surface area contributed by atoms with Gasteiger partial charge in [0.15, 0.2) is 5.78 Å². The highest BCUT2D eigenvalue weighted by Crippen LogP contribution is 2.39. The molecule has 2 nitrogen and oxygen atoms in total. The average Bonchev–Trinajstić information content (AvgIpc) is 2.90. The van der Waals surface area contributed by atoms with Gasteiger partial charge < -0.3 is 0 Å². The molecule has 0 aliphatic heterocycles. The molecule has 0 amide bonds. The number of allylic oxidation sites excluding steroid dienone is 1. The number of hydrogen-bond acceptors (Lipinski definition) is 2. The smallest absolute Gasteiger partial charge is 0.178 e. The number of carbonyl (C=O) groups excluding carboxylic acids is 1. The Morgan fingerprint density at radius 2 is 1.70 bits per heavy atom. The zero-order chi connectivity index (χ0) is 14.4. The van der Waals surface area contributed by atoms with E-state index in [-0.39, 0.29) is 5.54 Å². The number of rotatable bonds is 5. The molecule has 0 heterocycles. The molecule has 1 saturated carbocycles. The maximum atomic E-state index is 13.2. The summed E-state index contributed by atoms with van der Waals surface area (Å²) in [6, 6.07) is 0. The maximum absolute atomic E-state index is 13.2. The van der Waals surface area contributed by atoms with E-state index in [0.29, 0.717) is 5.78 Å². The van der Waals surface area contributed by atoms with E-state index < -0.39 is 0 Å². The zero-order valence-electron chi connectivity index (χ0n) is 13.4. The van der Waals surface area contributed by atoms with Gasteiger partial charge in [-0.3, -0.25) is 9.69 Å². The van der Waals surface area contributed by atoms with Crippen LogP contribution in [0.2, 0.25) is 0 Å². The van der Waals surface area contributed by atoms with Crippen molar-refractivity contribution in [3.05, 3.63) is 11.6 Å². The van der Waals surface area contributed by atoms with Crippen molar-refractivity contribution in [2.45, 2.75) is 83.6 Å². The SMILES string of the molecule is CCN(CC)C1(C(=O)C2=CCCCCCC2)CCCC1. The lowest BCUT2D eigenvalue weighted by Gasteiger charge is -2.39. The summed E-state index contributed by atoms with van der Waals surface area (Å²) in [4.78, 5) is 15.7. The van der Waals surface area contributed by atoms with Gasteiger partial charge in [-0.05, 0) is 57.2 Å². The molecule has 2 aliphatic carbocycles. The number of nitrogens with zero attached hydrogens (tertiary/aromatic N) is 1. The minimum Gasteiger partial charge on any atom is -0.292 e. The van der Waals surface area contributed by atoms with Crippen molar-refractivity contribution >= 4 is 5.78 Å². The van der Waals surface area contributed by atoms with Crippen LogP contribution in [0.3, 0.4) is 0 Å². The second kappa shape index (κ2) is 7.40. The summed E-state index contributed by atoms with van der Waals surface area (Å²) < 4.78 is 0. The lowest BCUT2D eigenvalue weighted by atomic mass is 9.82. The number of carbonyl (C=O) groups is 1. The molecule has 0 N–H and O–H groups in total.